The summed E-state index contributed by atoms with van der Waals surface area (Å²) in [7, 11) is 4.80. The number of rotatable bonds is 4. The Morgan fingerprint density at radius 2 is 1.62 bits per heavy atom. The number of anilines is 1. The second-order valence-corrected chi connectivity index (χ2v) is 6.40. The second kappa shape index (κ2) is 6.73. The van der Waals surface area contributed by atoms with E-state index in [0.29, 0.717) is 17.9 Å². The average Bonchev–Trinajstić information content (AvgIpc) is 2.59. The molecule has 1 heterocycles. The molecule has 0 saturated heterocycles. The summed E-state index contributed by atoms with van der Waals surface area (Å²) in [6.45, 7) is 0. The molecule has 0 aromatic heterocycles. The van der Waals surface area contributed by atoms with E-state index < -0.39 is 0 Å². The Morgan fingerprint density at radius 1 is 0.958 bits per heavy atom. The molecule has 3 rings (SSSR count). The maximum Gasteiger partial charge on any atom is 0.225 e. The molecule has 1 aliphatic rings. The largest absolute Gasteiger partial charge is 0.496 e. The van der Waals surface area contributed by atoms with Crippen LogP contribution in [0.2, 0.25) is 0 Å². The lowest BCUT2D eigenvalue weighted by Crippen LogP contribution is -2.24. The smallest absolute Gasteiger partial charge is 0.225 e. The third kappa shape index (κ3) is 2.94. The summed E-state index contributed by atoms with van der Waals surface area (Å²) in [5.74, 6) is 1.80. The average molecular weight is 392 g/mol. The quantitative estimate of drug-likeness (QED) is 0.856. The molecule has 2 aromatic carbocycles. The highest BCUT2D eigenvalue weighted by Gasteiger charge is 2.30. The van der Waals surface area contributed by atoms with Crippen LogP contribution < -0.4 is 19.5 Å². The first-order valence-electron chi connectivity index (χ1n) is 7.46. The van der Waals surface area contributed by atoms with E-state index >= 15 is 0 Å². The maximum atomic E-state index is 12.2. The number of carbonyl (C=O) groups excluding carboxylic acids is 1. The minimum Gasteiger partial charge on any atom is -0.496 e. The molecule has 126 valence electrons. The predicted molar refractivity (Wildman–Crippen MR) is 95.3 cm³/mol. The van der Waals surface area contributed by atoms with Gasteiger partial charge in [0.05, 0.1) is 21.3 Å². The van der Waals surface area contributed by atoms with Crippen LogP contribution in [0.1, 0.15) is 23.5 Å². The number of nitrogens with one attached hydrogen (secondary N) is 1. The van der Waals surface area contributed by atoms with Gasteiger partial charge in [-0.15, -0.1) is 0 Å². The van der Waals surface area contributed by atoms with Crippen LogP contribution in [-0.2, 0) is 4.79 Å². The molecule has 1 atom stereocenters. The van der Waals surface area contributed by atoms with E-state index in [1.54, 1.807) is 27.4 Å². The summed E-state index contributed by atoms with van der Waals surface area (Å²) in [5.41, 5.74) is 2.66. The van der Waals surface area contributed by atoms with E-state index in [0.717, 1.165) is 27.0 Å². The molecule has 0 aliphatic carbocycles. The summed E-state index contributed by atoms with van der Waals surface area (Å²) in [5, 5.41) is 2.91. The summed E-state index contributed by atoms with van der Waals surface area (Å²) in [4.78, 5) is 12.2. The Balaban J connectivity index is 2.18. The van der Waals surface area contributed by atoms with Gasteiger partial charge in [0.25, 0.3) is 0 Å². The fraction of sp³-hybridized carbons (Fsp3) is 0.278. The van der Waals surface area contributed by atoms with Crippen molar-refractivity contribution in [2.24, 2.45) is 0 Å². The Morgan fingerprint density at radius 3 is 2.29 bits per heavy atom. The molecular weight excluding hydrogens is 374 g/mol. The van der Waals surface area contributed by atoms with Crippen LogP contribution >= 0.6 is 15.9 Å². The van der Waals surface area contributed by atoms with Gasteiger partial charge >= 0.3 is 0 Å². The molecule has 5 nitrogen and oxygen atoms in total. The molecule has 0 radical (unpaired) electrons. The molecule has 0 spiro atoms. The zero-order chi connectivity index (χ0) is 17.3. The van der Waals surface area contributed by atoms with Crippen LogP contribution in [0.5, 0.6) is 17.2 Å². The third-order valence-electron chi connectivity index (χ3n) is 4.16. The van der Waals surface area contributed by atoms with Crippen molar-refractivity contribution in [3.8, 4) is 17.2 Å². The van der Waals surface area contributed by atoms with E-state index in [4.69, 9.17) is 14.2 Å². The molecule has 24 heavy (non-hydrogen) atoms. The van der Waals surface area contributed by atoms with E-state index in [1.807, 2.05) is 24.3 Å². The van der Waals surface area contributed by atoms with Crippen molar-refractivity contribution >= 4 is 27.5 Å². The van der Waals surface area contributed by atoms with Gasteiger partial charge in [0.15, 0.2) is 11.5 Å². The summed E-state index contributed by atoms with van der Waals surface area (Å²) >= 11 is 3.50. The first kappa shape index (κ1) is 16.6. The van der Waals surface area contributed by atoms with Crippen molar-refractivity contribution in [3.05, 3.63) is 45.9 Å². The Kier molecular flexibility index (Phi) is 4.66. The van der Waals surface area contributed by atoms with Crippen LogP contribution in [0.4, 0.5) is 5.69 Å². The maximum absolute atomic E-state index is 12.2. The Bertz CT molecular complexity index is 791. The highest BCUT2D eigenvalue weighted by atomic mass is 79.9. The molecule has 1 unspecified atom stereocenters. The van der Waals surface area contributed by atoms with Gasteiger partial charge in [-0.3, -0.25) is 4.79 Å². The monoisotopic (exact) mass is 391 g/mol. The number of carbonyl (C=O) groups is 1. The number of benzene rings is 2. The summed E-state index contributed by atoms with van der Waals surface area (Å²) in [6.07, 6.45) is 0.343. The van der Waals surface area contributed by atoms with Crippen molar-refractivity contribution in [3.63, 3.8) is 0 Å². The number of halogens is 1. The third-order valence-corrected chi connectivity index (χ3v) is 4.66. The number of ether oxygens (including phenoxy) is 3. The SMILES string of the molecule is COc1cc2c(cc1OC)C(c1cc(Br)ccc1OC)CC(=O)N2. The number of hydrogen-bond acceptors (Lipinski definition) is 4. The minimum absolute atomic E-state index is 0.0400. The van der Waals surface area contributed by atoms with Crippen LogP contribution in [0.3, 0.4) is 0 Å². The van der Waals surface area contributed by atoms with Gasteiger partial charge in [-0.25, -0.2) is 0 Å². The summed E-state index contributed by atoms with van der Waals surface area (Å²) in [6, 6.07) is 9.51. The van der Waals surface area contributed by atoms with Crippen LogP contribution in [0, 0.1) is 0 Å². The Hall–Kier alpha value is -2.21. The Labute approximate surface area is 149 Å². The molecule has 2 aromatic rings. The molecule has 0 fully saturated rings. The highest BCUT2D eigenvalue weighted by molar-refractivity contribution is 9.10. The number of hydrogen-bond donors (Lipinski definition) is 1. The zero-order valence-electron chi connectivity index (χ0n) is 13.7. The van der Waals surface area contributed by atoms with Crippen LogP contribution in [-0.4, -0.2) is 27.2 Å². The van der Waals surface area contributed by atoms with Gasteiger partial charge in [-0.1, -0.05) is 15.9 Å². The molecule has 0 saturated carbocycles. The van der Waals surface area contributed by atoms with Crippen molar-refractivity contribution in [1.29, 1.82) is 0 Å². The summed E-state index contributed by atoms with van der Waals surface area (Å²) < 4.78 is 17.2. The van der Waals surface area contributed by atoms with E-state index in [-0.39, 0.29) is 11.8 Å². The first-order chi connectivity index (χ1) is 11.6. The van der Waals surface area contributed by atoms with Gasteiger partial charge in [-0.2, -0.15) is 0 Å². The molecule has 6 heteroatoms. The molecule has 1 amide bonds. The topological polar surface area (TPSA) is 56.8 Å². The van der Waals surface area contributed by atoms with E-state index in [1.165, 1.54) is 0 Å². The van der Waals surface area contributed by atoms with Crippen molar-refractivity contribution in [2.45, 2.75) is 12.3 Å². The fourth-order valence-corrected chi connectivity index (χ4v) is 3.42. The second-order valence-electron chi connectivity index (χ2n) is 5.49. The van der Waals surface area contributed by atoms with Crippen molar-refractivity contribution < 1.29 is 19.0 Å². The van der Waals surface area contributed by atoms with Crippen molar-refractivity contribution in [1.82, 2.24) is 0 Å². The molecule has 1 N–H and O–H groups in total. The van der Waals surface area contributed by atoms with E-state index in [9.17, 15) is 4.79 Å². The van der Waals surface area contributed by atoms with Gasteiger partial charge < -0.3 is 19.5 Å². The number of methoxy groups -OCH3 is 3. The van der Waals surface area contributed by atoms with Gasteiger partial charge in [0.1, 0.15) is 5.75 Å². The molecular formula is C18H18BrNO4. The van der Waals surface area contributed by atoms with Gasteiger partial charge in [-0.05, 0) is 29.8 Å². The van der Waals surface area contributed by atoms with Crippen LogP contribution in [0.25, 0.3) is 0 Å². The normalized spacial score (nSPS) is 16.2. The number of fused-ring (bicyclic) bond motifs is 1. The van der Waals surface area contributed by atoms with Gasteiger partial charge in [0.2, 0.25) is 5.91 Å². The highest BCUT2D eigenvalue weighted by Crippen LogP contribution is 2.45. The van der Waals surface area contributed by atoms with Gasteiger partial charge in [0, 0.05) is 34.1 Å². The standard InChI is InChI=1S/C18H18BrNO4/c1-22-15-5-4-10(19)6-13(15)11-8-18(21)20-14-9-17(24-3)16(23-2)7-12(11)14/h4-7,9,11H,8H2,1-3H3,(H,20,21). The lowest BCUT2D eigenvalue weighted by Gasteiger charge is -2.28. The fourth-order valence-electron chi connectivity index (χ4n) is 3.04. The van der Waals surface area contributed by atoms with E-state index in [2.05, 4.69) is 21.2 Å². The predicted octanol–water partition coefficient (Wildman–Crippen LogP) is 3.95. The molecule has 1 aliphatic heterocycles. The lowest BCUT2D eigenvalue weighted by atomic mass is 9.84. The number of amides is 1. The molecule has 0 bridgehead atoms. The van der Waals surface area contributed by atoms with Crippen molar-refractivity contribution in [2.75, 3.05) is 26.6 Å². The zero-order valence-corrected chi connectivity index (χ0v) is 15.3. The lowest BCUT2D eigenvalue weighted by molar-refractivity contribution is -0.116. The first-order valence-corrected chi connectivity index (χ1v) is 8.26. The van der Waals surface area contributed by atoms with Crippen LogP contribution in [0.15, 0.2) is 34.8 Å². The minimum atomic E-state index is -0.124.